The van der Waals surface area contributed by atoms with Crippen LogP contribution in [-0.4, -0.2) is 28.2 Å². The zero-order valence-corrected chi connectivity index (χ0v) is 14.2. The van der Waals surface area contributed by atoms with Gasteiger partial charge in [-0.25, -0.2) is 13.8 Å². The van der Waals surface area contributed by atoms with Crippen LogP contribution in [0.15, 0.2) is 22.4 Å². The van der Waals surface area contributed by atoms with Crippen molar-refractivity contribution in [2.75, 3.05) is 17.3 Å². The van der Waals surface area contributed by atoms with Gasteiger partial charge in [0.15, 0.2) is 10.9 Å². The topological polar surface area (TPSA) is 76.0 Å². The number of alkyl halides is 1. The van der Waals surface area contributed by atoms with E-state index in [1.54, 1.807) is 5.38 Å². The summed E-state index contributed by atoms with van der Waals surface area (Å²) in [5.41, 5.74) is -0.643. The Kier molecular flexibility index (Phi) is 5.42. The molecule has 0 aromatic carbocycles. The van der Waals surface area contributed by atoms with Gasteiger partial charge in [0.05, 0.1) is 12.2 Å². The van der Waals surface area contributed by atoms with Crippen molar-refractivity contribution in [1.29, 1.82) is 0 Å². The predicted molar refractivity (Wildman–Crippen MR) is 92.6 cm³/mol. The van der Waals surface area contributed by atoms with Crippen LogP contribution in [0.3, 0.4) is 0 Å². The van der Waals surface area contributed by atoms with Gasteiger partial charge in [-0.3, -0.25) is 9.59 Å². The lowest BCUT2D eigenvalue weighted by Gasteiger charge is -2.09. The smallest absolute Gasteiger partial charge is 0.286 e. The molecule has 134 valence electrons. The van der Waals surface area contributed by atoms with Crippen molar-refractivity contribution in [2.45, 2.75) is 38.3 Å². The molecule has 0 bridgehead atoms. The molecule has 0 spiro atoms. The molecule has 1 fully saturated rings. The molecule has 0 aliphatic heterocycles. The van der Waals surface area contributed by atoms with E-state index in [0.717, 1.165) is 23.5 Å². The second-order valence-electron chi connectivity index (χ2n) is 5.88. The van der Waals surface area contributed by atoms with E-state index < -0.39 is 24.0 Å². The first-order chi connectivity index (χ1) is 12.1. The third-order valence-corrected chi connectivity index (χ3v) is 4.82. The van der Waals surface area contributed by atoms with Gasteiger partial charge in [-0.15, -0.1) is 11.3 Å². The van der Waals surface area contributed by atoms with Crippen LogP contribution in [0.4, 0.5) is 19.6 Å². The summed E-state index contributed by atoms with van der Waals surface area (Å²) in [5.74, 6) is -1.56. The highest BCUT2D eigenvalue weighted by molar-refractivity contribution is 7.13. The number of carbonyl (C=O) groups is 1. The number of aryl methyl sites for hydroxylation is 1. The van der Waals surface area contributed by atoms with Crippen molar-refractivity contribution in [2.24, 2.45) is 0 Å². The van der Waals surface area contributed by atoms with Crippen LogP contribution in [0, 0.1) is 5.82 Å². The Morgan fingerprint density at radius 1 is 1.40 bits per heavy atom. The number of anilines is 2. The van der Waals surface area contributed by atoms with E-state index in [-0.39, 0.29) is 17.9 Å². The van der Waals surface area contributed by atoms with Crippen molar-refractivity contribution in [1.82, 2.24) is 9.55 Å². The minimum Gasteiger partial charge on any atom is -0.359 e. The third-order valence-electron chi connectivity index (χ3n) is 4.05. The molecule has 0 atom stereocenters. The lowest BCUT2D eigenvalue weighted by molar-refractivity contribution is 0.102. The molecule has 1 saturated carbocycles. The molecule has 3 rings (SSSR count). The average Bonchev–Trinajstić information content (AvgIpc) is 3.25. The Morgan fingerprint density at radius 2 is 2.16 bits per heavy atom. The van der Waals surface area contributed by atoms with Crippen LogP contribution < -0.4 is 16.2 Å². The van der Waals surface area contributed by atoms with Crippen molar-refractivity contribution >= 4 is 28.1 Å². The third kappa shape index (κ3) is 4.22. The maximum atomic E-state index is 13.6. The first-order valence-electron chi connectivity index (χ1n) is 8.06. The fourth-order valence-electron chi connectivity index (χ4n) is 2.81. The fraction of sp³-hybridized carbons (Fsp3) is 0.438. The summed E-state index contributed by atoms with van der Waals surface area (Å²) in [6.45, 7) is -1.08. The highest BCUT2D eigenvalue weighted by Crippen LogP contribution is 2.24. The number of thiazole rings is 1. The van der Waals surface area contributed by atoms with Crippen molar-refractivity contribution in [3.8, 4) is 0 Å². The second-order valence-corrected chi connectivity index (χ2v) is 6.74. The van der Waals surface area contributed by atoms with Gasteiger partial charge in [-0.2, -0.15) is 0 Å². The summed E-state index contributed by atoms with van der Waals surface area (Å²) in [7, 11) is 0. The zero-order valence-electron chi connectivity index (χ0n) is 13.4. The molecule has 6 nitrogen and oxygen atoms in total. The van der Waals surface area contributed by atoms with Crippen LogP contribution in [-0.2, 0) is 6.54 Å². The van der Waals surface area contributed by atoms with E-state index in [1.165, 1.54) is 30.4 Å². The van der Waals surface area contributed by atoms with Crippen molar-refractivity contribution in [3.63, 3.8) is 0 Å². The van der Waals surface area contributed by atoms with Crippen molar-refractivity contribution < 1.29 is 13.6 Å². The fourth-order valence-corrected chi connectivity index (χ4v) is 3.58. The van der Waals surface area contributed by atoms with Crippen LogP contribution in [0.2, 0.25) is 0 Å². The second kappa shape index (κ2) is 7.73. The average molecular weight is 368 g/mol. The highest BCUT2D eigenvalue weighted by atomic mass is 32.1. The minimum atomic E-state index is -1.05. The Hall–Kier alpha value is -2.29. The Bertz CT molecular complexity index is 815. The quantitative estimate of drug-likeness (QED) is 0.822. The van der Waals surface area contributed by atoms with Gasteiger partial charge in [-0.05, 0) is 12.8 Å². The summed E-state index contributed by atoms with van der Waals surface area (Å²) in [6, 6.07) is 1.30. The minimum absolute atomic E-state index is 0.0776. The normalized spacial score (nSPS) is 14.6. The van der Waals surface area contributed by atoms with E-state index in [1.807, 2.05) is 0 Å². The first-order valence-corrected chi connectivity index (χ1v) is 8.94. The molecule has 2 heterocycles. The van der Waals surface area contributed by atoms with Crippen LogP contribution in [0.5, 0.6) is 0 Å². The number of nitrogens with zero attached hydrogens (tertiary/aromatic N) is 2. The number of halogens is 2. The molecule has 2 aromatic heterocycles. The van der Waals surface area contributed by atoms with E-state index in [2.05, 4.69) is 15.6 Å². The molecule has 9 heteroatoms. The molecule has 0 saturated heterocycles. The molecule has 25 heavy (non-hydrogen) atoms. The van der Waals surface area contributed by atoms with Crippen LogP contribution >= 0.6 is 11.3 Å². The maximum Gasteiger partial charge on any atom is 0.286 e. The van der Waals surface area contributed by atoms with Gasteiger partial charge >= 0.3 is 0 Å². The van der Waals surface area contributed by atoms with Crippen molar-refractivity contribution in [3.05, 3.63) is 39.5 Å². The Balaban J connectivity index is 1.69. The first kappa shape index (κ1) is 17.5. The Morgan fingerprint density at radius 3 is 2.88 bits per heavy atom. The molecule has 1 aliphatic carbocycles. The van der Waals surface area contributed by atoms with Gasteiger partial charge in [0, 0.05) is 23.7 Å². The molecular formula is C16H18F2N4O2S. The van der Waals surface area contributed by atoms with E-state index >= 15 is 0 Å². The predicted octanol–water partition coefficient (Wildman–Crippen LogP) is 3.02. The number of nitrogens with one attached hydrogen (secondary N) is 2. The number of hydrogen-bond donors (Lipinski definition) is 2. The summed E-state index contributed by atoms with van der Waals surface area (Å²) in [4.78, 5) is 28.0. The summed E-state index contributed by atoms with van der Waals surface area (Å²) < 4.78 is 26.9. The van der Waals surface area contributed by atoms with Crippen LogP contribution in [0.25, 0.3) is 0 Å². The standard InChI is InChI=1S/C16H18F2N4O2S/c17-5-6-22-8-11(7-12(18)15(22)24)19-14(23)13-9-25-16(21-13)20-10-3-1-2-4-10/h7-10H,1-6H2,(H,19,23)(H,20,21). The van der Waals surface area contributed by atoms with E-state index in [9.17, 15) is 18.4 Å². The molecule has 0 unspecified atom stereocenters. The largest absolute Gasteiger partial charge is 0.359 e. The molecule has 2 aromatic rings. The van der Waals surface area contributed by atoms with Gasteiger partial charge < -0.3 is 15.2 Å². The molecule has 2 N–H and O–H groups in total. The summed E-state index contributed by atoms with van der Waals surface area (Å²) >= 11 is 1.33. The lowest BCUT2D eigenvalue weighted by Crippen LogP contribution is -2.25. The Labute approximate surface area is 146 Å². The molecule has 1 aliphatic rings. The van der Waals surface area contributed by atoms with Gasteiger partial charge in [0.2, 0.25) is 0 Å². The monoisotopic (exact) mass is 368 g/mol. The SMILES string of the molecule is O=C(Nc1cc(F)c(=O)n(CCF)c1)c1csc(NC2CCCC2)n1. The maximum absolute atomic E-state index is 13.6. The van der Waals surface area contributed by atoms with Gasteiger partial charge in [-0.1, -0.05) is 12.8 Å². The molecule has 1 amide bonds. The summed E-state index contributed by atoms with van der Waals surface area (Å²) in [5, 5.41) is 8.07. The zero-order chi connectivity index (χ0) is 17.8. The van der Waals surface area contributed by atoms with Gasteiger partial charge in [0.25, 0.3) is 11.5 Å². The molecular weight excluding hydrogens is 350 g/mol. The number of carbonyl (C=O) groups excluding carboxylic acids is 1. The number of aromatic nitrogens is 2. The molecule has 0 radical (unpaired) electrons. The van der Waals surface area contributed by atoms with Crippen LogP contribution in [0.1, 0.15) is 36.2 Å². The summed E-state index contributed by atoms with van der Waals surface area (Å²) in [6.07, 6.45) is 5.78. The van der Waals surface area contributed by atoms with E-state index in [4.69, 9.17) is 0 Å². The highest BCUT2D eigenvalue weighted by Gasteiger charge is 2.18. The number of rotatable bonds is 6. The number of hydrogen-bond acceptors (Lipinski definition) is 5. The van der Waals surface area contributed by atoms with E-state index in [0.29, 0.717) is 11.2 Å². The number of pyridine rings is 1. The lowest BCUT2D eigenvalue weighted by atomic mass is 10.3. The van der Waals surface area contributed by atoms with Gasteiger partial charge in [0.1, 0.15) is 12.4 Å². The number of amides is 1.